The van der Waals surface area contributed by atoms with Crippen LogP contribution in [0.15, 0.2) is 24.3 Å². The van der Waals surface area contributed by atoms with Crippen LogP contribution in [0.5, 0.6) is 5.75 Å². The quantitative estimate of drug-likeness (QED) is 0.788. The van der Waals surface area contributed by atoms with Crippen LogP contribution in [0, 0.1) is 16.7 Å². The minimum Gasteiger partial charge on any atom is -0.497 e. The maximum atomic E-state index is 9.58. The van der Waals surface area contributed by atoms with Gasteiger partial charge in [0.15, 0.2) is 0 Å². The van der Waals surface area contributed by atoms with E-state index in [0.717, 1.165) is 18.6 Å². The Morgan fingerprint density at radius 3 is 2.22 bits per heavy atom. The normalized spacial score (nSPS) is 23.3. The van der Waals surface area contributed by atoms with Gasteiger partial charge in [0.25, 0.3) is 0 Å². The third-order valence-electron chi connectivity index (χ3n) is 4.87. The SMILES string of the molecule is COc1ccc(C2(C#N)CC3(CCCC3)C2)cc1. The zero-order valence-corrected chi connectivity index (χ0v) is 10.9. The average Bonchev–Trinajstić information content (AvgIpc) is 2.86. The molecule has 0 unspecified atom stereocenters. The lowest BCUT2D eigenvalue weighted by Crippen LogP contribution is -2.47. The van der Waals surface area contributed by atoms with Crippen LogP contribution < -0.4 is 4.74 Å². The molecule has 0 bridgehead atoms. The summed E-state index contributed by atoms with van der Waals surface area (Å²) in [5.74, 6) is 0.863. The highest BCUT2D eigenvalue weighted by Crippen LogP contribution is 2.62. The van der Waals surface area contributed by atoms with Crippen LogP contribution in [0.3, 0.4) is 0 Å². The van der Waals surface area contributed by atoms with Gasteiger partial charge in [-0.1, -0.05) is 25.0 Å². The molecule has 18 heavy (non-hydrogen) atoms. The molecule has 2 aliphatic rings. The van der Waals surface area contributed by atoms with Gasteiger partial charge in [-0.2, -0.15) is 5.26 Å². The molecule has 1 aromatic carbocycles. The number of hydrogen-bond donors (Lipinski definition) is 0. The van der Waals surface area contributed by atoms with E-state index in [1.54, 1.807) is 7.11 Å². The fraction of sp³-hybridized carbons (Fsp3) is 0.562. The van der Waals surface area contributed by atoms with Crippen molar-refractivity contribution in [3.8, 4) is 11.8 Å². The van der Waals surface area contributed by atoms with Gasteiger partial charge in [0.1, 0.15) is 5.75 Å². The number of rotatable bonds is 2. The maximum absolute atomic E-state index is 9.58. The van der Waals surface area contributed by atoms with Crippen molar-refractivity contribution in [2.75, 3.05) is 7.11 Å². The highest BCUT2D eigenvalue weighted by Gasteiger charge is 2.56. The van der Waals surface area contributed by atoms with E-state index in [4.69, 9.17) is 4.74 Å². The molecule has 2 saturated carbocycles. The summed E-state index contributed by atoms with van der Waals surface area (Å²) in [6.45, 7) is 0. The van der Waals surface area contributed by atoms with Gasteiger partial charge in [0, 0.05) is 0 Å². The van der Waals surface area contributed by atoms with E-state index >= 15 is 0 Å². The van der Waals surface area contributed by atoms with Crippen LogP contribution in [0.25, 0.3) is 0 Å². The molecule has 0 saturated heterocycles. The first kappa shape index (κ1) is 11.6. The van der Waals surface area contributed by atoms with E-state index in [1.807, 2.05) is 12.1 Å². The molecule has 0 aromatic heterocycles. The summed E-state index contributed by atoms with van der Waals surface area (Å²) in [5, 5.41) is 9.58. The minimum atomic E-state index is -0.226. The van der Waals surface area contributed by atoms with Gasteiger partial charge in [-0.15, -0.1) is 0 Å². The highest BCUT2D eigenvalue weighted by atomic mass is 16.5. The molecule has 0 aliphatic heterocycles. The summed E-state index contributed by atoms with van der Waals surface area (Å²) < 4.78 is 5.18. The molecule has 0 N–H and O–H groups in total. The average molecular weight is 241 g/mol. The molecule has 1 spiro atoms. The minimum absolute atomic E-state index is 0.226. The van der Waals surface area contributed by atoms with Crippen LogP contribution in [0.1, 0.15) is 44.1 Å². The van der Waals surface area contributed by atoms with Crippen LogP contribution in [-0.2, 0) is 5.41 Å². The molecule has 2 nitrogen and oxygen atoms in total. The third kappa shape index (κ3) is 1.61. The zero-order chi connectivity index (χ0) is 12.6. The summed E-state index contributed by atoms with van der Waals surface area (Å²) in [6, 6.07) is 10.6. The second-order valence-electron chi connectivity index (χ2n) is 5.98. The first-order valence-electron chi connectivity index (χ1n) is 6.78. The van der Waals surface area contributed by atoms with Gasteiger partial charge in [-0.3, -0.25) is 0 Å². The molecule has 2 heteroatoms. The van der Waals surface area contributed by atoms with Crippen LogP contribution >= 0.6 is 0 Å². The van der Waals surface area contributed by atoms with Crippen LogP contribution in [-0.4, -0.2) is 7.11 Å². The number of hydrogen-bond acceptors (Lipinski definition) is 2. The zero-order valence-electron chi connectivity index (χ0n) is 10.9. The summed E-state index contributed by atoms with van der Waals surface area (Å²) >= 11 is 0. The third-order valence-corrected chi connectivity index (χ3v) is 4.87. The smallest absolute Gasteiger partial charge is 0.118 e. The monoisotopic (exact) mass is 241 g/mol. The fourth-order valence-electron chi connectivity index (χ4n) is 3.96. The second kappa shape index (κ2) is 4.02. The van der Waals surface area contributed by atoms with E-state index < -0.39 is 0 Å². The fourth-order valence-corrected chi connectivity index (χ4v) is 3.96. The van der Waals surface area contributed by atoms with E-state index in [-0.39, 0.29) is 5.41 Å². The Balaban J connectivity index is 1.83. The summed E-state index contributed by atoms with van der Waals surface area (Å²) in [7, 11) is 1.67. The lowest BCUT2D eigenvalue weighted by atomic mass is 9.50. The Bertz CT molecular complexity index is 469. The Labute approximate surface area is 109 Å². The summed E-state index contributed by atoms with van der Waals surface area (Å²) in [4.78, 5) is 0. The van der Waals surface area contributed by atoms with Crippen LogP contribution in [0.2, 0.25) is 0 Å². The summed E-state index contributed by atoms with van der Waals surface area (Å²) in [5.41, 5.74) is 1.44. The van der Waals surface area contributed by atoms with Gasteiger partial charge in [-0.25, -0.2) is 0 Å². The van der Waals surface area contributed by atoms with Crippen molar-refractivity contribution >= 4 is 0 Å². The Kier molecular flexibility index (Phi) is 2.59. The number of nitriles is 1. The number of nitrogens with zero attached hydrogens (tertiary/aromatic N) is 1. The Hall–Kier alpha value is -1.49. The predicted octanol–water partition coefficient (Wildman–Crippen LogP) is 3.81. The van der Waals surface area contributed by atoms with Gasteiger partial charge in [0.2, 0.25) is 0 Å². The number of benzene rings is 1. The van der Waals surface area contributed by atoms with E-state index in [0.29, 0.717) is 5.41 Å². The van der Waals surface area contributed by atoms with Crippen molar-refractivity contribution in [1.29, 1.82) is 5.26 Å². The van der Waals surface area contributed by atoms with Crippen molar-refractivity contribution < 1.29 is 4.74 Å². The lowest BCUT2D eigenvalue weighted by molar-refractivity contribution is 0.0648. The largest absolute Gasteiger partial charge is 0.497 e. The van der Waals surface area contributed by atoms with E-state index in [2.05, 4.69) is 18.2 Å². The highest BCUT2D eigenvalue weighted by molar-refractivity contribution is 5.40. The van der Waals surface area contributed by atoms with Gasteiger partial charge in [0.05, 0.1) is 18.6 Å². The van der Waals surface area contributed by atoms with E-state index in [1.165, 1.54) is 31.2 Å². The second-order valence-corrected chi connectivity index (χ2v) is 5.98. The Morgan fingerprint density at radius 1 is 1.11 bits per heavy atom. The molecule has 0 heterocycles. The topological polar surface area (TPSA) is 33.0 Å². The van der Waals surface area contributed by atoms with Crippen LogP contribution in [0.4, 0.5) is 0 Å². The molecule has 1 aromatic rings. The molecule has 0 radical (unpaired) electrons. The molecular weight excluding hydrogens is 222 g/mol. The summed E-state index contributed by atoms with van der Waals surface area (Å²) in [6.07, 6.45) is 7.47. The molecule has 94 valence electrons. The van der Waals surface area contributed by atoms with Gasteiger partial charge < -0.3 is 4.74 Å². The van der Waals surface area contributed by atoms with Crippen molar-refractivity contribution in [3.05, 3.63) is 29.8 Å². The standard InChI is InChI=1S/C16H19NO/c1-18-14-6-4-13(5-7-14)16(12-17)10-15(11-16)8-2-3-9-15/h4-7H,2-3,8-11H2,1H3. The first-order chi connectivity index (χ1) is 8.72. The molecule has 0 atom stereocenters. The van der Waals surface area contributed by atoms with E-state index in [9.17, 15) is 5.26 Å². The number of methoxy groups -OCH3 is 1. The van der Waals surface area contributed by atoms with Crippen molar-refractivity contribution in [2.45, 2.75) is 43.9 Å². The van der Waals surface area contributed by atoms with Gasteiger partial charge >= 0.3 is 0 Å². The maximum Gasteiger partial charge on any atom is 0.118 e. The van der Waals surface area contributed by atoms with Crippen molar-refractivity contribution in [1.82, 2.24) is 0 Å². The van der Waals surface area contributed by atoms with Crippen molar-refractivity contribution in [3.63, 3.8) is 0 Å². The predicted molar refractivity (Wildman–Crippen MR) is 70.4 cm³/mol. The first-order valence-corrected chi connectivity index (χ1v) is 6.78. The van der Waals surface area contributed by atoms with Gasteiger partial charge in [-0.05, 0) is 48.8 Å². The molecular formula is C16H19NO. The molecule has 2 fully saturated rings. The molecule has 2 aliphatic carbocycles. The Morgan fingerprint density at radius 2 is 1.72 bits per heavy atom. The lowest BCUT2D eigenvalue weighted by Gasteiger charge is -2.51. The molecule has 0 amide bonds. The molecule has 3 rings (SSSR count). The number of ether oxygens (including phenoxy) is 1. The van der Waals surface area contributed by atoms with Crippen molar-refractivity contribution in [2.24, 2.45) is 5.41 Å².